The number of rotatable bonds is 2. The van der Waals surface area contributed by atoms with Crippen LogP contribution >= 0.6 is 0 Å². The number of quaternary nitrogens is 1. The summed E-state index contributed by atoms with van der Waals surface area (Å²) in [5, 5.41) is 8.39. The molecule has 0 fully saturated rings. The zero-order valence-electron chi connectivity index (χ0n) is 6.31. The van der Waals surface area contributed by atoms with E-state index in [-0.39, 0.29) is 55.3 Å². The molecule has 0 saturated carbocycles. The van der Waals surface area contributed by atoms with Crippen molar-refractivity contribution in [3.63, 3.8) is 0 Å². The Hall–Kier alpha value is 1.10. The van der Waals surface area contributed by atoms with Gasteiger partial charge in [-0.25, -0.2) is 0 Å². The molecule has 0 radical (unpaired) electrons. The van der Waals surface area contributed by atoms with Gasteiger partial charge >= 0.3 is 37.7 Å². The molecule has 5 heteroatoms. The van der Waals surface area contributed by atoms with E-state index in [0.29, 0.717) is 0 Å². The molecule has 0 bridgehead atoms. The molecule has 0 aromatic rings. The Kier molecular flexibility index (Phi) is 22.7. The molecule has 0 saturated heterocycles. The van der Waals surface area contributed by atoms with Gasteiger partial charge in [-0.15, -0.1) is 0 Å². The second-order valence-corrected chi connectivity index (χ2v) is 2.74. The molecule has 0 amide bonds. The van der Waals surface area contributed by atoms with Gasteiger partial charge in [-0.1, -0.05) is 0 Å². The molecule has 0 aliphatic rings. The third-order valence-electron chi connectivity index (χ3n) is 0.771. The summed E-state index contributed by atoms with van der Waals surface area (Å²) in [6.45, 7) is 1.11. The topological polar surface area (TPSA) is 83.2 Å². The fraction of sp³-hybridized carbons (Fsp3) is 1.00. The van der Waals surface area contributed by atoms with Crippen molar-refractivity contribution in [2.75, 3.05) is 34.3 Å². The second kappa shape index (κ2) is 10.1. The standard InChI is InChI=1S/C5H14NO.Ca.2H2O.2H/c1-6(2,3)4-5-7;;;;;/h7H,4-5H2,1-3H3;;2*1H2;;/q+1;;;;;. The van der Waals surface area contributed by atoms with Gasteiger partial charge in [0.25, 0.3) is 0 Å². The summed E-state index contributed by atoms with van der Waals surface area (Å²) in [5.41, 5.74) is 0. The fourth-order valence-electron chi connectivity index (χ4n) is 0.300. The minimum absolute atomic E-state index is 0. The molecule has 10 heavy (non-hydrogen) atoms. The van der Waals surface area contributed by atoms with E-state index in [1.54, 1.807) is 0 Å². The monoisotopic (exact) mass is 182 g/mol. The van der Waals surface area contributed by atoms with E-state index in [0.717, 1.165) is 11.0 Å². The van der Waals surface area contributed by atoms with E-state index in [1.165, 1.54) is 0 Å². The summed E-state index contributed by atoms with van der Waals surface area (Å²) in [4.78, 5) is 0. The number of hydrogen-bond donors (Lipinski definition) is 1. The molecule has 0 unspecified atom stereocenters. The van der Waals surface area contributed by atoms with Gasteiger partial charge in [0.2, 0.25) is 0 Å². The Bertz CT molecular complexity index is 55.3. The van der Waals surface area contributed by atoms with Gasteiger partial charge in [-0.05, 0) is 0 Å². The van der Waals surface area contributed by atoms with Gasteiger partial charge in [0, 0.05) is 0 Å². The first-order valence-corrected chi connectivity index (χ1v) is 2.47. The van der Waals surface area contributed by atoms with Crippen LogP contribution in [-0.2, 0) is 0 Å². The Balaban J connectivity index is -0.0000000600. The van der Waals surface area contributed by atoms with Crippen molar-refractivity contribution in [2.45, 2.75) is 0 Å². The van der Waals surface area contributed by atoms with Crippen LogP contribution in [0.3, 0.4) is 0 Å². The summed E-state index contributed by atoms with van der Waals surface area (Å²) in [7, 11) is 6.16. The number of likely N-dealkylation sites (N-methyl/N-ethyl adjacent to an activating group) is 1. The van der Waals surface area contributed by atoms with Crippen LogP contribution < -0.4 is 0 Å². The van der Waals surface area contributed by atoms with Crippen molar-refractivity contribution >= 4 is 37.7 Å². The molecular formula is C5H20CaNO3+. The number of nitrogens with zero attached hydrogens (tertiary/aromatic N) is 1. The number of aliphatic hydroxyl groups is 1. The molecular weight excluding hydrogens is 162 g/mol. The van der Waals surface area contributed by atoms with Crippen molar-refractivity contribution in [2.24, 2.45) is 0 Å². The molecule has 0 atom stereocenters. The normalized spacial score (nSPS) is 8.40. The van der Waals surface area contributed by atoms with Crippen molar-refractivity contribution < 1.29 is 20.5 Å². The van der Waals surface area contributed by atoms with Crippen LogP contribution in [0.25, 0.3) is 0 Å². The number of hydrogen-bond acceptors (Lipinski definition) is 1. The first-order valence-electron chi connectivity index (χ1n) is 2.47. The predicted molar refractivity (Wildman–Crippen MR) is 45.8 cm³/mol. The fourth-order valence-corrected chi connectivity index (χ4v) is 0.300. The first-order chi connectivity index (χ1) is 3.06. The Labute approximate surface area is 92.0 Å². The van der Waals surface area contributed by atoms with Crippen LogP contribution in [0.4, 0.5) is 0 Å². The summed E-state index contributed by atoms with van der Waals surface area (Å²) in [5.74, 6) is 0. The van der Waals surface area contributed by atoms with E-state index in [1.807, 2.05) is 0 Å². The summed E-state index contributed by atoms with van der Waals surface area (Å²) < 4.78 is 0.844. The average molecular weight is 182 g/mol. The van der Waals surface area contributed by atoms with Crippen molar-refractivity contribution in [3.05, 3.63) is 0 Å². The molecule has 0 aliphatic carbocycles. The van der Waals surface area contributed by atoms with Crippen LogP contribution in [0.5, 0.6) is 0 Å². The quantitative estimate of drug-likeness (QED) is 0.361. The zero-order chi connectivity index (χ0) is 5.91. The second-order valence-electron chi connectivity index (χ2n) is 2.74. The van der Waals surface area contributed by atoms with Crippen molar-refractivity contribution in [1.82, 2.24) is 0 Å². The molecule has 0 aliphatic heterocycles. The van der Waals surface area contributed by atoms with E-state index in [4.69, 9.17) is 5.11 Å². The van der Waals surface area contributed by atoms with Gasteiger partial charge < -0.3 is 20.5 Å². The molecule has 4 nitrogen and oxygen atoms in total. The van der Waals surface area contributed by atoms with E-state index < -0.39 is 0 Å². The Morgan fingerprint density at radius 2 is 1.40 bits per heavy atom. The molecule has 0 aromatic carbocycles. The zero-order valence-corrected chi connectivity index (χ0v) is 6.31. The first kappa shape index (κ1) is 22.5. The van der Waals surface area contributed by atoms with Crippen LogP contribution in [0, 0.1) is 0 Å². The summed E-state index contributed by atoms with van der Waals surface area (Å²) in [6.07, 6.45) is 0. The molecule has 64 valence electrons. The average Bonchev–Trinajstić information content (AvgIpc) is 1.30. The minimum atomic E-state index is 0. The van der Waals surface area contributed by atoms with Crippen LogP contribution in [0.1, 0.15) is 0 Å². The van der Waals surface area contributed by atoms with Crippen LogP contribution in [0.15, 0.2) is 0 Å². The van der Waals surface area contributed by atoms with E-state index >= 15 is 0 Å². The molecule has 0 rings (SSSR count). The van der Waals surface area contributed by atoms with Crippen molar-refractivity contribution in [3.8, 4) is 0 Å². The maximum atomic E-state index is 8.39. The Morgan fingerprint density at radius 1 is 1.10 bits per heavy atom. The van der Waals surface area contributed by atoms with Gasteiger partial charge in [-0.2, -0.15) is 0 Å². The van der Waals surface area contributed by atoms with Crippen LogP contribution in [-0.4, -0.2) is 92.6 Å². The summed E-state index contributed by atoms with van der Waals surface area (Å²) >= 11 is 0. The predicted octanol–water partition coefficient (Wildman–Crippen LogP) is -2.88. The SMILES string of the molecule is C[N+](C)(C)CCO.O.O.[CaH2]. The van der Waals surface area contributed by atoms with Crippen LogP contribution in [0.2, 0.25) is 0 Å². The van der Waals surface area contributed by atoms with Gasteiger partial charge in [0.1, 0.15) is 6.54 Å². The molecule has 0 aromatic heterocycles. The third-order valence-corrected chi connectivity index (χ3v) is 0.771. The maximum absolute atomic E-state index is 8.39. The van der Waals surface area contributed by atoms with Gasteiger partial charge in [0.05, 0.1) is 27.7 Å². The van der Waals surface area contributed by atoms with E-state index in [2.05, 4.69) is 21.1 Å². The molecule has 0 heterocycles. The van der Waals surface area contributed by atoms with Crippen molar-refractivity contribution in [1.29, 1.82) is 0 Å². The van der Waals surface area contributed by atoms with Gasteiger partial charge in [0.15, 0.2) is 0 Å². The van der Waals surface area contributed by atoms with E-state index in [9.17, 15) is 0 Å². The Morgan fingerprint density at radius 3 is 1.40 bits per heavy atom. The third kappa shape index (κ3) is 23.0. The number of aliphatic hydroxyl groups excluding tert-OH is 1. The summed E-state index contributed by atoms with van der Waals surface area (Å²) in [6, 6.07) is 0. The molecule has 0 spiro atoms. The van der Waals surface area contributed by atoms with Gasteiger partial charge in [-0.3, -0.25) is 0 Å². The molecule has 5 N–H and O–H groups in total.